The molecule has 7 heteroatoms. The average molecular weight is 453 g/mol. The highest BCUT2D eigenvalue weighted by Crippen LogP contribution is 2.20. The van der Waals surface area contributed by atoms with E-state index in [1.54, 1.807) is 48.5 Å². The number of carbonyl (C=O) groups is 3. The lowest BCUT2D eigenvalue weighted by molar-refractivity contribution is -0.141. The van der Waals surface area contributed by atoms with Gasteiger partial charge in [0.2, 0.25) is 5.91 Å². The molecule has 5 nitrogen and oxygen atoms in total. The standard InChI is InChI=1S/C20H19BrClNO4/c1-27-20(26)12-17(13-4-8-16(22)9-5-13)23-19(25)11-10-18(24)14-2-6-15(21)7-3-14/h2-9,17H,10-12H2,1H3,(H,23,25). The molecule has 0 radical (unpaired) electrons. The molecule has 0 saturated heterocycles. The first-order valence-electron chi connectivity index (χ1n) is 8.29. The number of nitrogens with one attached hydrogen (secondary N) is 1. The Kier molecular flexibility index (Phi) is 8.00. The molecule has 1 atom stereocenters. The van der Waals surface area contributed by atoms with E-state index in [1.165, 1.54) is 7.11 Å². The van der Waals surface area contributed by atoms with E-state index in [4.69, 9.17) is 16.3 Å². The molecule has 2 aromatic rings. The number of hydrogen-bond acceptors (Lipinski definition) is 4. The van der Waals surface area contributed by atoms with Crippen molar-refractivity contribution in [3.63, 3.8) is 0 Å². The van der Waals surface area contributed by atoms with Gasteiger partial charge in [0.1, 0.15) is 0 Å². The molecule has 1 unspecified atom stereocenters. The zero-order valence-electron chi connectivity index (χ0n) is 14.7. The van der Waals surface area contributed by atoms with Crippen molar-refractivity contribution in [2.45, 2.75) is 25.3 Å². The monoisotopic (exact) mass is 451 g/mol. The van der Waals surface area contributed by atoms with Crippen molar-refractivity contribution in [3.05, 3.63) is 69.2 Å². The Labute approximate surface area is 171 Å². The van der Waals surface area contributed by atoms with Crippen molar-refractivity contribution in [3.8, 4) is 0 Å². The van der Waals surface area contributed by atoms with Crippen molar-refractivity contribution in [2.24, 2.45) is 0 Å². The van der Waals surface area contributed by atoms with Crippen LogP contribution in [-0.2, 0) is 14.3 Å². The van der Waals surface area contributed by atoms with E-state index in [0.29, 0.717) is 10.6 Å². The molecule has 0 fully saturated rings. The topological polar surface area (TPSA) is 72.5 Å². The van der Waals surface area contributed by atoms with Crippen LogP contribution in [0, 0.1) is 0 Å². The van der Waals surface area contributed by atoms with Gasteiger partial charge in [0.15, 0.2) is 5.78 Å². The summed E-state index contributed by atoms with van der Waals surface area (Å²) in [4.78, 5) is 36.2. The molecule has 0 aliphatic rings. The first-order chi connectivity index (χ1) is 12.9. The van der Waals surface area contributed by atoms with Crippen LogP contribution in [0.3, 0.4) is 0 Å². The number of rotatable bonds is 8. The Morgan fingerprint density at radius 1 is 1.04 bits per heavy atom. The summed E-state index contributed by atoms with van der Waals surface area (Å²) in [6, 6.07) is 13.3. The van der Waals surface area contributed by atoms with Gasteiger partial charge in [0.25, 0.3) is 0 Å². The molecule has 2 rings (SSSR count). The number of hydrogen-bond donors (Lipinski definition) is 1. The average Bonchev–Trinajstić information content (AvgIpc) is 2.66. The summed E-state index contributed by atoms with van der Waals surface area (Å²) in [6.07, 6.45) is 0.101. The lowest BCUT2D eigenvalue weighted by Crippen LogP contribution is -2.30. The van der Waals surface area contributed by atoms with E-state index in [9.17, 15) is 14.4 Å². The molecular formula is C20H19BrClNO4. The number of ether oxygens (including phenoxy) is 1. The molecule has 0 aliphatic heterocycles. The molecule has 0 spiro atoms. The van der Waals surface area contributed by atoms with E-state index >= 15 is 0 Å². The molecule has 2 aromatic carbocycles. The molecule has 1 amide bonds. The van der Waals surface area contributed by atoms with Crippen molar-refractivity contribution in [1.82, 2.24) is 5.32 Å². The minimum atomic E-state index is -0.551. The van der Waals surface area contributed by atoms with E-state index in [-0.39, 0.29) is 31.0 Å². The summed E-state index contributed by atoms with van der Waals surface area (Å²) in [5.41, 5.74) is 1.28. The zero-order valence-corrected chi connectivity index (χ0v) is 17.0. The third-order valence-corrected chi connectivity index (χ3v) is 4.73. The number of benzene rings is 2. The van der Waals surface area contributed by atoms with Crippen LogP contribution in [-0.4, -0.2) is 24.8 Å². The lowest BCUT2D eigenvalue weighted by atomic mass is 10.0. The summed E-state index contributed by atoms with van der Waals surface area (Å²) in [6.45, 7) is 0. The third-order valence-electron chi connectivity index (χ3n) is 3.95. The number of methoxy groups -OCH3 is 1. The number of amides is 1. The van der Waals surface area contributed by atoms with E-state index in [1.807, 2.05) is 0 Å². The van der Waals surface area contributed by atoms with Gasteiger partial charge in [-0.25, -0.2) is 0 Å². The number of carbonyl (C=O) groups excluding carboxylic acids is 3. The lowest BCUT2D eigenvalue weighted by Gasteiger charge is -2.18. The molecular weight excluding hydrogens is 434 g/mol. The second kappa shape index (κ2) is 10.2. The van der Waals surface area contributed by atoms with Crippen LogP contribution in [0.25, 0.3) is 0 Å². The van der Waals surface area contributed by atoms with Crippen molar-refractivity contribution in [2.75, 3.05) is 7.11 Å². The maximum atomic E-state index is 12.3. The molecule has 0 bridgehead atoms. The molecule has 27 heavy (non-hydrogen) atoms. The van der Waals surface area contributed by atoms with Gasteiger partial charge in [-0.15, -0.1) is 0 Å². The quantitative estimate of drug-likeness (QED) is 0.473. The SMILES string of the molecule is COC(=O)CC(NC(=O)CCC(=O)c1ccc(Br)cc1)c1ccc(Cl)cc1. The fourth-order valence-electron chi connectivity index (χ4n) is 2.47. The zero-order chi connectivity index (χ0) is 19.8. The third kappa shape index (κ3) is 6.81. The van der Waals surface area contributed by atoms with Gasteiger partial charge in [0, 0.05) is 27.9 Å². The van der Waals surface area contributed by atoms with Crippen LogP contribution in [0.2, 0.25) is 5.02 Å². The first kappa shape index (κ1) is 21.1. The Morgan fingerprint density at radius 2 is 1.67 bits per heavy atom. The molecule has 1 N–H and O–H groups in total. The van der Waals surface area contributed by atoms with Gasteiger partial charge in [-0.3, -0.25) is 14.4 Å². The van der Waals surface area contributed by atoms with Gasteiger partial charge >= 0.3 is 5.97 Å². The number of halogens is 2. The minimum absolute atomic E-state index is 0.00939. The fraction of sp³-hybridized carbons (Fsp3) is 0.250. The van der Waals surface area contributed by atoms with Gasteiger partial charge in [-0.05, 0) is 29.8 Å². The van der Waals surface area contributed by atoms with Crippen LogP contribution < -0.4 is 5.32 Å². The van der Waals surface area contributed by atoms with E-state index in [2.05, 4.69) is 21.2 Å². The molecule has 0 aliphatic carbocycles. The van der Waals surface area contributed by atoms with E-state index in [0.717, 1.165) is 10.0 Å². The van der Waals surface area contributed by atoms with Gasteiger partial charge in [-0.2, -0.15) is 0 Å². The number of ketones is 1. The highest BCUT2D eigenvalue weighted by Gasteiger charge is 2.19. The summed E-state index contributed by atoms with van der Waals surface area (Å²) in [5.74, 6) is -0.876. The van der Waals surface area contributed by atoms with Crippen LogP contribution in [0.1, 0.15) is 41.2 Å². The van der Waals surface area contributed by atoms with Crippen molar-refractivity contribution >= 4 is 45.2 Å². The minimum Gasteiger partial charge on any atom is -0.469 e. The smallest absolute Gasteiger partial charge is 0.307 e. The highest BCUT2D eigenvalue weighted by molar-refractivity contribution is 9.10. The normalized spacial score (nSPS) is 11.5. The maximum Gasteiger partial charge on any atom is 0.307 e. The fourth-order valence-corrected chi connectivity index (χ4v) is 2.86. The Morgan fingerprint density at radius 3 is 2.26 bits per heavy atom. The largest absolute Gasteiger partial charge is 0.469 e. The summed E-state index contributed by atoms with van der Waals surface area (Å²) >= 11 is 9.20. The first-order valence-corrected chi connectivity index (χ1v) is 9.46. The summed E-state index contributed by atoms with van der Waals surface area (Å²) in [5, 5.41) is 3.35. The van der Waals surface area contributed by atoms with Crippen LogP contribution in [0.5, 0.6) is 0 Å². The Hall–Kier alpha value is -2.18. The van der Waals surface area contributed by atoms with Crippen molar-refractivity contribution in [1.29, 1.82) is 0 Å². The van der Waals surface area contributed by atoms with E-state index < -0.39 is 12.0 Å². The molecule has 142 valence electrons. The highest BCUT2D eigenvalue weighted by atomic mass is 79.9. The van der Waals surface area contributed by atoms with Gasteiger partial charge in [-0.1, -0.05) is 51.8 Å². The number of Topliss-reactive ketones (excluding diaryl/α,β-unsaturated/α-hetero) is 1. The molecule has 0 saturated carbocycles. The van der Waals surface area contributed by atoms with Crippen LogP contribution >= 0.6 is 27.5 Å². The Balaban J connectivity index is 1.98. The second-order valence-electron chi connectivity index (χ2n) is 5.88. The van der Waals surface area contributed by atoms with Crippen molar-refractivity contribution < 1.29 is 19.1 Å². The van der Waals surface area contributed by atoms with Crippen LogP contribution in [0.15, 0.2) is 53.0 Å². The van der Waals surface area contributed by atoms with Gasteiger partial charge < -0.3 is 10.1 Å². The predicted octanol–water partition coefficient (Wildman–Crippen LogP) is 4.49. The maximum absolute atomic E-state index is 12.3. The summed E-state index contributed by atoms with van der Waals surface area (Å²) in [7, 11) is 1.29. The van der Waals surface area contributed by atoms with Gasteiger partial charge in [0.05, 0.1) is 19.6 Å². The predicted molar refractivity (Wildman–Crippen MR) is 107 cm³/mol. The molecule has 0 aromatic heterocycles. The molecule has 0 heterocycles. The summed E-state index contributed by atoms with van der Waals surface area (Å²) < 4.78 is 5.58. The Bertz CT molecular complexity index is 806. The number of esters is 1. The van der Waals surface area contributed by atoms with Crippen LogP contribution in [0.4, 0.5) is 0 Å². The second-order valence-corrected chi connectivity index (χ2v) is 7.23.